The Labute approximate surface area is 56.5 Å². The van der Waals surface area contributed by atoms with E-state index in [1.54, 1.807) is 0 Å². The van der Waals surface area contributed by atoms with Gasteiger partial charge in [0, 0.05) is 12.3 Å². The van der Waals surface area contributed by atoms with E-state index in [9.17, 15) is 0 Å². The van der Waals surface area contributed by atoms with Crippen LogP contribution in [0.15, 0.2) is 17.1 Å². The van der Waals surface area contributed by atoms with Crippen LogP contribution in [-0.4, -0.2) is 18.8 Å². The van der Waals surface area contributed by atoms with Crippen LogP contribution < -0.4 is 5.73 Å². The van der Waals surface area contributed by atoms with Crippen LogP contribution in [-0.2, 0) is 0 Å². The molecule has 0 aliphatic carbocycles. The molecule has 0 rings (SSSR count). The highest BCUT2D eigenvalue weighted by Gasteiger charge is 1.78. The molecule has 2 N–H and O–H groups in total. The number of rotatable bonds is 3. The van der Waals surface area contributed by atoms with Crippen molar-refractivity contribution in [3.63, 3.8) is 0 Å². The zero-order valence-electron chi connectivity index (χ0n) is 6.09. The molecule has 0 saturated carbocycles. The average molecular weight is 126 g/mol. The second-order valence-electron chi connectivity index (χ2n) is 1.81. The van der Waals surface area contributed by atoms with E-state index in [4.69, 9.17) is 5.73 Å². The van der Waals surface area contributed by atoms with E-state index in [0.717, 1.165) is 12.3 Å². The quantitative estimate of drug-likeness (QED) is 0.562. The molecule has 0 spiro atoms. The summed E-state index contributed by atoms with van der Waals surface area (Å²) in [5, 5.41) is 0. The highest BCUT2D eigenvalue weighted by atomic mass is 14.8. The lowest BCUT2D eigenvalue weighted by atomic mass is 10.4. The van der Waals surface area contributed by atoms with E-state index in [2.05, 4.69) is 4.99 Å². The Morgan fingerprint density at radius 2 is 2.33 bits per heavy atom. The lowest BCUT2D eigenvalue weighted by Crippen LogP contribution is -2.03. The molecule has 0 aromatic heterocycles. The van der Waals surface area contributed by atoms with Crippen LogP contribution in [0.5, 0.6) is 0 Å². The van der Waals surface area contributed by atoms with Gasteiger partial charge in [-0.05, 0) is 19.9 Å². The van der Waals surface area contributed by atoms with Crippen molar-refractivity contribution in [3.8, 4) is 0 Å². The zero-order valence-corrected chi connectivity index (χ0v) is 6.09. The summed E-state index contributed by atoms with van der Waals surface area (Å²) in [6, 6.07) is 0. The minimum absolute atomic E-state index is 0.634. The number of allylic oxidation sites excluding steroid dienone is 2. The van der Waals surface area contributed by atoms with Crippen molar-refractivity contribution in [1.29, 1.82) is 0 Å². The van der Waals surface area contributed by atoms with Gasteiger partial charge in [0.15, 0.2) is 0 Å². The minimum Gasteiger partial charge on any atom is -0.329 e. The van der Waals surface area contributed by atoms with Crippen LogP contribution in [0, 0.1) is 0 Å². The first kappa shape index (κ1) is 8.37. The summed E-state index contributed by atoms with van der Waals surface area (Å²) in [6.45, 7) is 5.31. The van der Waals surface area contributed by atoms with Gasteiger partial charge < -0.3 is 5.73 Å². The average Bonchev–Trinajstić information content (AvgIpc) is 1.85. The Balaban J connectivity index is 3.55. The summed E-state index contributed by atoms with van der Waals surface area (Å²) in [4.78, 5) is 4.14. The second-order valence-corrected chi connectivity index (χ2v) is 1.81. The molecule has 0 unspecified atom stereocenters. The van der Waals surface area contributed by atoms with Crippen molar-refractivity contribution in [1.82, 2.24) is 0 Å². The molecular weight excluding hydrogens is 112 g/mol. The molecule has 0 heterocycles. The van der Waals surface area contributed by atoms with E-state index in [-0.39, 0.29) is 0 Å². The van der Waals surface area contributed by atoms with Crippen molar-refractivity contribution in [2.24, 2.45) is 10.7 Å². The predicted octanol–water partition coefficient (Wildman–Crippen LogP) is 0.982. The summed E-state index contributed by atoms with van der Waals surface area (Å²) >= 11 is 0. The maximum atomic E-state index is 5.24. The SMILES string of the molecule is C/C=C\C(C)=NCCN. The van der Waals surface area contributed by atoms with E-state index >= 15 is 0 Å². The molecule has 9 heavy (non-hydrogen) atoms. The van der Waals surface area contributed by atoms with Crippen LogP contribution in [0.25, 0.3) is 0 Å². The molecule has 0 aliphatic rings. The summed E-state index contributed by atoms with van der Waals surface area (Å²) in [6.07, 6.45) is 3.94. The molecule has 0 aromatic carbocycles. The number of aliphatic imine (C=N–C) groups is 1. The number of nitrogens with zero attached hydrogens (tertiary/aromatic N) is 1. The highest BCUT2D eigenvalue weighted by molar-refractivity contribution is 5.92. The van der Waals surface area contributed by atoms with E-state index in [1.165, 1.54) is 0 Å². The van der Waals surface area contributed by atoms with Gasteiger partial charge in [-0.1, -0.05) is 6.08 Å². The Kier molecular flexibility index (Phi) is 5.12. The van der Waals surface area contributed by atoms with Crippen LogP contribution in [0.2, 0.25) is 0 Å². The van der Waals surface area contributed by atoms with Gasteiger partial charge in [-0.15, -0.1) is 0 Å². The predicted molar refractivity (Wildman–Crippen MR) is 41.8 cm³/mol. The topological polar surface area (TPSA) is 38.4 Å². The molecular formula is C7H14N2. The summed E-state index contributed by atoms with van der Waals surface area (Å²) in [7, 11) is 0. The standard InChI is InChI=1S/C7H14N2/c1-3-4-7(2)9-6-5-8/h3-4H,5-6,8H2,1-2H3/b4-3-,9-7?. The fraction of sp³-hybridized carbons (Fsp3) is 0.571. The third-order valence-electron chi connectivity index (χ3n) is 0.898. The lowest BCUT2D eigenvalue weighted by Gasteiger charge is -1.89. The molecule has 2 nitrogen and oxygen atoms in total. The first-order chi connectivity index (χ1) is 4.31. The third kappa shape index (κ3) is 5.24. The fourth-order valence-corrected chi connectivity index (χ4v) is 0.535. The van der Waals surface area contributed by atoms with E-state index < -0.39 is 0 Å². The van der Waals surface area contributed by atoms with Crippen molar-refractivity contribution < 1.29 is 0 Å². The number of nitrogens with two attached hydrogens (primary N) is 1. The molecule has 0 aliphatic heterocycles. The molecule has 0 aromatic rings. The van der Waals surface area contributed by atoms with Crippen LogP contribution in [0.4, 0.5) is 0 Å². The molecule has 0 fully saturated rings. The normalized spacial score (nSPS) is 13.0. The van der Waals surface area contributed by atoms with Gasteiger partial charge >= 0.3 is 0 Å². The third-order valence-corrected chi connectivity index (χ3v) is 0.898. The van der Waals surface area contributed by atoms with Crippen LogP contribution in [0.1, 0.15) is 13.8 Å². The van der Waals surface area contributed by atoms with Crippen molar-refractivity contribution >= 4 is 5.71 Å². The minimum atomic E-state index is 0.634. The zero-order chi connectivity index (χ0) is 7.11. The molecule has 2 heteroatoms. The Morgan fingerprint density at radius 3 is 2.78 bits per heavy atom. The highest BCUT2D eigenvalue weighted by Crippen LogP contribution is 1.79. The molecule has 0 amide bonds. The van der Waals surface area contributed by atoms with Gasteiger partial charge in [0.25, 0.3) is 0 Å². The van der Waals surface area contributed by atoms with Crippen molar-refractivity contribution in [2.45, 2.75) is 13.8 Å². The summed E-state index contributed by atoms with van der Waals surface area (Å²) in [5.74, 6) is 0. The van der Waals surface area contributed by atoms with Gasteiger partial charge in [-0.25, -0.2) is 0 Å². The van der Waals surface area contributed by atoms with Crippen LogP contribution >= 0.6 is 0 Å². The molecule has 0 radical (unpaired) electrons. The fourth-order valence-electron chi connectivity index (χ4n) is 0.535. The molecule has 0 saturated heterocycles. The van der Waals surface area contributed by atoms with Crippen molar-refractivity contribution in [3.05, 3.63) is 12.2 Å². The largest absolute Gasteiger partial charge is 0.329 e. The number of hydrogen-bond donors (Lipinski definition) is 1. The maximum absolute atomic E-state index is 5.24. The second kappa shape index (κ2) is 5.51. The van der Waals surface area contributed by atoms with Crippen molar-refractivity contribution in [2.75, 3.05) is 13.1 Å². The van der Waals surface area contributed by atoms with E-state index in [0.29, 0.717) is 6.54 Å². The number of hydrogen-bond acceptors (Lipinski definition) is 2. The van der Waals surface area contributed by atoms with E-state index in [1.807, 2.05) is 26.0 Å². The maximum Gasteiger partial charge on any atom is 0.0515 e. The van der Waals surface area contributed by atoms with Gasteiger partial charge in [-0.3, -0.25) is 4.99 Å². The Bertz CT molecular complexity index is 114. The van der Waals surface area contributed by atoms with Crippen LogP contribution in [0.3, 0.4) is 0 Å². The molecule has 0 bridgehead atoms. The first-order valence-corrected chi connectivity index (χ1v) is 3.15. The molecule has 52 valence electrons. The van der Waals surface area contributed by atoms with Gasteiger partial charge in [0.2, 0.25) is 0 Å². The lowest BCUT2D eigenvalue weighted by molar-refractivity contribution is 0.976. The van der Waals surface area contributed by atoms with Gasteiger partial charge in [0.1, 0.15) is 0 Å². The smallest absolute Gasteiger partial charge is 0.0515 e. The van der Waals surface area contributed by atoms with Gasteiger partial charge in [0.05, 0.1) is 6.54 Å². The Morgan fingerprint density at radius 1 is 1.67 bits per heavy atom. The Hall–Kier alpha value is -0.630. The summed E-state index contributed by atoms with van der Waals surface area (Å²) < 4.78 is 0. The first-order valence-electron chi connectivity index (χ1n) is 3.15. The van der Waals surface area contributed by atoms with Gasteiger partial charge in [-0.2, -0.15) is 0 Å². The monoisotopic (exact) mass is 126 g/mol. The molecule has 0 atom stereocenters. The summed E-state index contributed by atoms with van der Waals surface area (Å²) in [5.41, 5.74) is 6.29.